The summed E-state index contributed by atoms with van der Waals surface area (Å²) in [5.74, 6) is -0.370. The van der Waals surface area contributed by atoms with Crippen molar-refractivity contribution in [3.8, 4) is 0 Å². The highest BCUT2D eigenvalue weighted by molar-refractivity contribution is 6.41. The molecule has 0 radical (unpaired) electrons. The third-order valence-corrected chi connectivity index (χ3v) is 4.78. The van der Waals surface area contributed by atoms with Crippen LogP contribution in [-0.2, 0) is 20.8 Å². The van der Waals surface area contributed by atoms with E-state index in [-0.39, 0.29) is 28.7 Å². The quantitative estimate of drug-likeness (QED) is 0.572. The Kier molecular flexibility index (Phi) is 7.16. The molecule has 0 spiro atoms. The average Bonchev–Trinajstić information content (AvgIpc) is 2.61. The van der Waals surface area contributed by atoms with Gasteiger partial charge in [-0.3, -0.25) is 14.2 Å². The molecule has 1 saturated heterocycles. The van der Waals surface area contributed by atoms with Crippen molar-refractivity contribution in [1.82, 2.24) is 14.9 Å². The Morgan fingerprint density at radius 1 is 1.25 bits per heavy atom. The van der Waals surface area contributed by atoms with E-state index < -0.39 is 23.2 Å². The largest absolute Gasteiger partial charge is 0.468 e. The molecule has 0 atom stereocenters. The third kappa shape index (κ3) is 5.75. The smallest absolute Gasteiger partial charge is 0.407 e. The molecule has 1 aromatic heterocycles. The summed E-state index contributed by atoms with van der Waals surface area (Å²) < 4.78 is 11.0. The minimum absolute atomic E-state index is 0.0744. The maximum atomic E-state index is 12.4. The van der Waals surface area contributed by atoms with E-state index in [4.69, 9.17) is 27.9 Å². The van der Waals surface area contributed by atoms with Gasteiger partial charge in [-0.2, -0.15) is 0 Å². The number of anilines is 1. The molecule has 0 bridgehead atoms. The molecule has 1 aliphatic heterocycles. The summed E-state index contributed by atoms with van der Waals surface area (Å²) in [4.78, 5) is 42.1. The first kappa shape index (κ1) is 22.3. The molecule has 28 heavy (non-hydrogen) atoms. The first-order chi connectivity index (χ1) is 13.0. The predicted octanol–water partition coefficient (Wildman–Crippen LogP) is 2.22. The fourth-order valence-electron chi connectivity index (χ4n) is 2.77. The number of hydrogen-bond acceptors (Lipinski definition) is 7. The van der Waals surface area contributed by atoms with Crippen LogP contribution >= 0.6 is 23.2 Å². The highest BCUT2D eigenvalue weighted by Gasteiger charge is 2.27. The van der Waals surface area contributed by atoms with Crippen LogP contribution in [0, 0.1) is 0 Å². The number of carbonyl (C=O) groups excluding carboxylic acids is 2. The zero-order valence-corrected chi connectivity index (χ0v) is 17.8. The molecule has 1 aliphatic rings. The minimum atomic E-state index is -0.615. The van der Waals surface area contributed by atoms with Crippen molar-refractivity contribution in [2.75, 3.05) is 25.1 Å². The Bertz CT molecular complexity index is 798. The lowest BCUT2D eigenvalue weighted by Crippen LogP contribution is -2.47. The van der Waals surface area contributed by atoms with Crippen LogP contribution in [0.25, 0.3) is 0 Å². The molecule has 2 heterocycles. The van der Waals surface area contributed by atoms with Crippen molar-refractivity contribution in [2.45, 2.75) is 51.8 Å². The summed E-state index contributed by atoms with van der Waals surface area (Å²) >= 11 is 11.9. The normalized spacial score (nSPS) is 15.3. The number of amides is 1. The van der Waals surface area contributed by atoms with E-state index in [1.54, 1.807) is 20.8 Å². The van der Waals surface area contributed by atoms with Crippen molar-refractivity contribution in [3.63, 3.8) is 0 Å². The Labute approximate surface area is 172 Å². The van der Waals surface area contributed by atoms with Crippen molar-refractivity contribution in [2.24, 2.45) is 0 Å². The lowest BCUT2D eigenvalue weighted by atomic mass is 10.1. The van der Waals surface area contributed by atoms with Gasteiger partial charge >= 0.3 is 12.1 Å². The molecular weight excluding hydrogens is 411 g/mol. The van der Waals surface area contributed by atoms with Gasteiger partial charge in [0.25, 0.3) is 5.56 Å². The Balaban J connectivity index is 2.12. The molecule has 1 aromatic rings. The summed E-state index contributed by atoms with van der Waals surface area (Å²) in [6.07, 6.45) is 0.738. The van der Waals surface area contributed by atoms with Crippen molar-refractivity contribution < 1.29 is 19.1 Å². The Hall–Kier alpha value is -2.00. The van der Waals surface area contributed by atoms with Crippen LogP contribution in [0.3, 0.4) is 0 Å². The van der Waals surface area contributed by atoms with Crippen LogP contribution in [0.4, 0.5) is 10.7 Å². The highest BCUT2D eigenvalue weighted by atomic mass is 35.5. The number of methoxy groups -OCH3 is 1. The van der Waals surface area contributed by atoms with Gasteiger partial charge in [0.1, 0.15) is 17.2 Å². The Morgan fingerprint density at radius 3 is 2.39 bits per heavy atom. The SMILES string of the molecule is COC(=O)Cn1c(N2CCC(NC(=O)OC(C)(C)C)CC2)nc(Cl)c(Cl)c1=O. The summed E-state index contributed by atoms with van der Waals surface area (Å²) in [7, 11) is 1.23. The summed E-state index contributed by atoms with van der Waals surface area (Å²) in [5.41, 5.74) is -1.19. The monoisotopic (exact) mass is 434 g/mol. The van der Waals surface area contributed by atoms with Gasteiger partial charge in [0, 0.05) is 19.1 Å². The molecule has 11 heteroatoms. The topological polar surface area (TPSA) is 103 Å². The molecular formula is C17H24Cl2N4O5. The number of rotatable bonds is 4. The second-order valence-electron chi connectivity index (χ2n) is 7.39. The van der Waals surface area contributed by atoms with E-state index in [9.17, 15) is 14.4 Å². The molecule has 9 nitrogen and oxygen atoms in total. The summed E-state index contributed by atoms with van der Waals surface area (Å²) in [6.45, 7) is 6.05. The molecule has 1 N–H and O–H groups in total. The van der Waals surface area contributed by atoms with E-state index in [1.165, 1.54) is 7.11 Å². The van der Waals surface area contributed by atoms with Gasteiger partial charge in [0.2, 0.25) is 5.95 Å². The van der Waals surface area contributed by atoms with Gasteiger partial charge in [0.05, 0.1) is 7.11 Å². The van der Waals surface area contributed by atoms with Gasteiger partial charge in [-0.15, -0.1) is 0 Å². The summed E-state index contributed by atoms with van der Waals surface area (Å²) in [5, 5.41) is 2.46. The number of esters is 1. The number of piperidine rings is 1. The number of nitrogens with one attached hydrogen (secondary N) is 1. The van der Waals surface area contributed by atoms with Gasteiger partial charge in [0.15, 0.2) is 5.15 Å². The number of nitrogens with zero attached hydrogens (tertiary/aromatic N) is 3. The van der Waals surface area contributed by atoms with Gasteiger partial charge in [-0.05, 0) is 33.6 Å². The van der Waals surface area contributed by atoms with Crippen LogP contribution in [0.1, 0.15) is 33.6 Å². The number of hydrogen-bond donors (Lipinski definition) is 1. The second kappa shape index (κ2) is 9.00. The van der Waals surface area contributed by atoms with Gasteiger partial charge in [-0.25, -0.2) is 9.78 Å². The van der Waals surface area contributed by atoms with Crippen LogP contribution in [0.15, 0.2) is 4.79 Å². The van der Waals surface area contributed by atoms with E-state index >= 15 is 0 Å². The molecule has 1 amide bonds. The zero-order valence-electron chi connectivity index (χ0n) is 16.3. The first-order valence-corrected chi connectivity index (χ1v) is 9.54. The number of alkyl carbamates (subject to hydrolysis) is 1. The van der Waals surface area contributed by atoms with E-state index in [2.05, 4.69) is 15.0 Å². The highest BCUT2D eigenvalue weighted by Crippen LogP contribution is 2.23. The van der Waals surface area contributed by atoms with E-state index in [0.29, 0.717) is 25.9 Å². The maximum Gasteiger partial charge on any atom is 0.407 e. The molecule has 0 aromatic carbocycles. The molecule has 156 valence electrons. The fourth-order valence-corrected chi connectivity index (χ4v) is 3.07. The van der Waals surface area contributed by atoms with Crippen molar-refractivity contribution in [3.05, 3.63) is 20.5 Å². The predicted molar refractivity (Wildman–Crippen MR) is 105 cm³/mol. The van der Waals surface area contributed by atoms with E-state index in [0.717, 1.165) is 4.57 Å². The number of carbonyl (C=O) groups is 2. The lowest BCUT2D eigenvalue weighted by Gasteiger charge is -2.34. The second-order valence-corrected chi connectivity index (χ2v) is 8.13. The van der Waals surface area contributed by atoms with E-state index in [1.807, 2.05) is 4.90 Å². The van der Waals surface area contributed by atoms with Crippen molar-refractivity contribution in [1.29, 1.82) is 0 Å². The van der Waals surface area contributed by atoms with Crippen molar-refractivity contribution >= 4 is 41.2 Å². The minimum Gasteiger partial charge on any atom is -0.468 e. The van der Waals surface area contributed by atoms with Crippen LogP contribution in [0.2, 0.25) is 10.2 Å². The number of aromatic nitrogens is 2. The lowest BCUT2D eigenvalue weighted by molar-refractivity contribution is -0.141. The fraction of sp³-hybridized carbons (Fsp3) is 0.647. The van der Waals surface area contributed by atoms with Gasteiger partial charge in [-0.1, -0.05) is 23.2 Å². The van der Waals surface area contributed by atoms with Crippen LogP contribution < -0.4 is 15.8 Å². The summed E-state index contributed by atoms with van der Waals surface area (Å²) in [6, 6.07) is -0.0744. The molecule has 2 rings (SSSR count). The number of ether oxygens (including phenoxy) is 2. The van der Waals surface area contributed by atoms with Gasteiger partial charge < -0.3 is 19.7 Å². The Morgan fingerprint density at radius 2 is 1.86 bits per heavy atom. The molecule has 0 aliphatic carbocycles. The number of halogens is 2. The molecule has 1 fully saturated rings. The maximum absolute atomic E-state index is 12.4. The molecule has 0 saturated carbocycles. The average molecular weight is 435 g/mol. The van der Waals surface area contributed by atoms with Crippen LogP contribution in [0.5, 0.6) is 0 Å². The molecule has 0 unspecified atom stereocenters. The zero-order chi connectivity index (χ0) is 21.1. The van der Waals surface area contributed by atoms with Crippen LogP contribution in [-0.4, -0.2) is 53.5 Å². The third-order valence-electron chi connectivity index (χ3n) is 4.07. The first-order valence-electron chi connectivity index (χ1n) is 8.79. The standard InChI is InChI=1S/C17H24Cl2N4O5/c1-17(2,3)28-16(26)20-10-5-7-22(8-6-10)15-21-13(19)12(18)14(25)23(15)9-11(24)27-4/h10H,5-9H2,1-4H3,(H,20,26).